The van der Waals surface area contributed by atoms with Gasteiger partial charge in [0.1, 0.15) is 5.82 Å². The Morgan fingerprint density at radius 1 is 0.857 bits per heavy atom. The van der Waals surface area contributed by atoms with E-state index in [1.807, 2.05) is 0 Å². The topological polar surface area (TPSA) is 17.1 Å². The van der Waals surface area contributed by atoms with Crippen molar-refractivity contribution in [2.45, 2.75) is 0 Å². The SMILES string of the molecule is O=C(Cl)c1ccc(-c2c(Cl)c(Cl)c(Cl)c(Cl)c2Cl)cc1F. The van der Waals surface area contributed by atoms with Gasteiger partial charge in [-0.25, -0.2) is 4.39 Å². The Balaban J connectivity index is 2.74. The number of carbonyl (C=O) groups is 1. The highest BCUT2D eigenvalue weighted by Crippen LogP contribution is 2.48. The predicted molar refractivity (Wildman–Crippen MR) is 87.1 cm³/mol. The van der Waals surface area contributed by atoms with Gasteiger partial charge in [-0.3, -0.25) is 4.79 Å². The minimum absolute atomic E-state index is 0.000591. The summed E-state index contributed by atoms with van der Waals surface area (Å²) in [6.45, 7) is 0. The van der Waals surface area contributed by atoms with Gasteiger partial charge < -0.3 is 0 Å². The van der Waals surface area contributed by atoms with E-state index in [1.165, 1.54) is 12.1 Å². The largest absolute Gasteiger partial charge is 0.275 e. The number of rotatable bonds is 2. The summed E-state index contributed by atoms with van der Waals surface area (Å²) in [5.41, 5.74) is 0.230. The van der Waals surface area contributed by atoms with Crippen LogP contribution in [0.3, 0.4) is 0 Å². The molecule has 0 radical (unpaired) electrons. The van der Waals surface area contributed by atoms with Gasteiger partial charge in [0.25, 0.3) is 5.24 Å². The van der Waals surface area contributed by atoms with Crippen molar-refractivity contribution in [3.8, 4) is 11.1 Å². The molecule has 110 valence electrons. The van der Waals surface area contributed by atoms with Crippen LogP contribution >= 0.6 is 69.6 Å². The molecule has 0 spiro atoms. The maximum Gasteiger partial charge on any atom is 0.255 e. The second-order valence-electron chi connectivity index (χ2n) is 3.91. The van der Waals surface area contributed by atoms with Gasteiger partial charge in [-0.2, -0.15) is 0 Å². The van der Waals surface area contributed by atoms with Gasteiger partial charge in [0, 0.05) is 5.56 Å². The molecule has 0 fully saturated rings. The van der Waals surface area contributed by atoms with Crippen LogP contribution in [0.25, 0.3) is 11.1 Å². The molecule has 0 aliphatic heterocycles. The lowest BCUT2D eigenvalue weighted by Crippen LogP contribution is -1.95. The first kappa shape index (κ1) is 17.1. The van der Waals surface area contributed by atoms with Gasteiger partial charge in [0.2, 0.25) is 0 Å². The normalized spacial score (nSPS) is 10.8. The Bertz CT molecular complexity index is 730. The van der Waals surface area contributed by atoms with Crippen molar-refractivity contribution in [2.75, 3.05) is 0 Å². The molecule has 21 heavy (non-hydrogen) atoms. The molecule has 2 rings (SSSR count). The minimum atomic E-state index is -0.914. The fourth-order valence-electron chi connectivity index (χ4n) is 1.69. The van der Waals surface area contributed by atoms with Crippen LogP contribution in [0.2, 0.25) is 25.1 Å². The average Bonchev–Trinajstić information content (AvgIpc) is 2.43. The summed E-state index contributed by atoms with van der Waals surface area (Å²) < 4.78 is 13.8. The lowest BCUT2D eigenvalue weighted by atomic mass is 10.0. The van der Waals surface area contributed by atoms with Crippen molar-refractivity contribution in [1.29, 1.82) is 0 Å². The highest BCUT2D eigenvalue weighted by atomic mass is 35.5. The summed E-state index contributed by atoms with van der Waals surface area (Å²) >= 11 is 35.2. The van der Waals surface area contributed by atoms with Crippen LogP contribution in [0.5, 0.6) is 0 Å². The van der Waals surface area contributed by atoms with Crippen LogP contribution in [-0.4, -0.2) is 5.24 Å². The molecular weight excluding hydrogens is 404 g/mol. The Morgan fingerprint density at radius 2 is 1.33 bits per heavy atom. The Morgan fingerprint density at radius 3 is 1.76 bits per heavy atom. The van der Waals surface area contributed by atoms with Gasteiger partial charge >= 0.3 is 0 Å². The van der Waals surface area contributed by atoms with E-state index in [0.29, 0.717) is 0 Å². The van der Waals surface area contributed by atoms with Crippen molar-refractivity contribution in [3.05, 3.63) is 54.7 Å². The summed E-state index contributed by atoms with van der Waals surface area (Å²) in [5, 5.41) is -0.851. The van der Waals surface area contributed by atoms with E-state index in [9.17, 15) is 9.18 Å². The van der Waals surface area contributed by atoms with E-state index in [-0.39, 0.29) is 41.8 Å². The maximum atomic E-state index is 13.8. The van der Waals surface area contributed by atoms with E-state index >= 15 is 0 Å². The number of benzene rings is 2. The highest BCUT2D eigenvalue weighted by molar-refractivity contribution is 6.67. The first-order valence-corrected chi connectivity index (χ1v) is 7.53. The van der Waals surface area contributed by atoms with E-state index in [1.54, 1.807) is 0 Å². The van der Waals surface area contributed by atoms with E-state index < -0.39 is 11.1 Å². The lowest BCUT2D eigenvalue weighted by molar-refractivity contribution is 0.107. The third-order valence-electron chi connectivity index (χ3n) is 2.68. The summed E-state index contributed by atoms with van der Waals surface area (Å²) in [4.78, 5) is 11.0. The molecule has 2 aromatic carbocycles. The molecule has 0 aliphatic rings. The van der Waals surface area contributed by atoms with Gasteiger partial charge in [-0.05, 0) is 29.3 Å². The molecule has 0 unspecified atom stereocenters. The fraction of sp³-hybridized carbons (Fsp3) is 0. The van der Waals surface area contributed by atoms with E-state index in [0.717, 1.165) is 6.07 Å². The first-order chi connectivity index (χ1) is 9.75. The van der Waals surface area contributed by atoms with Gasteiger partial charge in [-0.1, -0.05) is 64.1 Å². The molecule has 0 bridgehead atoms. The first-order valence-electron chi connectivity index (χ1n) is 5.27. The van der Waals surface area contributed by atoms with Crippen molar-refractivity contribution in [3.63, 3.8) is 0 Å². The van der Waals surface area contributed by atoms with E-state index in [4.69, 9.17) is 69.6 Å². The molecule has 8 heteroatoms. The molecule has 0 saturated heterocycles. The summed E-state index contributed by atoms with van der Waals surface area (Å²) in [7, 11) is 0. The molecule has 0 N–H and O–H groups in total. The Labute approximate surface area is 149 Å². The van der Waals surface area contributed by atoms with Gasteiger partial charge in [0.15, 0.2) is 0 Å². The monoisotopic (exact) mass is 404 g/mol. The third kappa shape index (κ3) is 3.12. The standard InChI is InChI=1S/C13H3Cl6FO/c14-8-7(9(15)11(17)12(18)10(8)16)4-1-2-5(13(19)21)6(20)3-4/h1-3H. The molecule has 0 aliphatic carbocycles. The fourth-order valence-corrected chi connectivity index (χ4v) is 3.20. The van der Waals surface area contributed by atoms with Crippen molar-refractivity contribution in [1.82, 2.24) is 0 Å². The zero-order chi connectivity index (χ0) is 15.9. The number of carbonyl (C=O) groups excluding carboxylic acids is 1. The second kappa shape index (κ2) is 6.49. The maximum absolute atomic E-state index is 13.8. The van der Waals surface area contributed by atoms with Crippen molar-refractivity contribution >= 4 is 74.8 Å². The minimum Gasteiger partial charge on any atom is -0.275 e. The van der Waals surface area contributed by atoms with Gasteiger partial charge in [0.05, 0.1) is 30.7 Å². The van der Waals surface area contributed by atoms with Gasteiger partial charge in [-0.15, -0.1) is 0 Å². The molecule has 0 aromatic heterocycles. The summed E-state index contributed by atoms with van der Waals surface area (Å²) in [6.07, 6.45) is 0. The zero-order valence-electron chi connectivity index (χ0n) is 9.79. The summed E-state index contributed by atoms with van der Waals surface area (Å²) in [6, 6.07) is 3.69. The molecule has 1 nitrogen and oxygen atoms in total. The Hall–Kier alpha value is -0.220. The Kier molecular flexibility index (Phi) is 5.30. The number of halogens is 7. The predicted octanol–water partition coefficient (Wildman–Crippen LogP) is 7.14. The van der Waals surface area contributed by atoms with Crippen LogP contribution in [0, 0.1) is 5.82 Å². The molecule has 0 heterocycles. The zero-order valence-corrected chi connectivity index (χ0v) is 14.3. The lowest BCUT2D eigenvalue weighted by Gasteiger charge is -2.13. The van der Waals surface area contributed by atoms with E-state index in [2.05, 4.69) is 0 Å². The third-order valence-corrected chi connectivity index (χ3v) is 5.16. The summed E-state index contributed by atoms with van der Waals surface area (Å²) in [5.74, 6) is -0.818. The molecule has 2 aromatic rings. The van der Waals surface area contributed by atoms with Crippen LogP contribution in [-0.2, 0) is 0 Å². The number of hydrogen-bond donors (Lipinski definition) is 0. The van der Waals surface area contributed by atoms with Crippen LogP contribution in [0.1, 0.15) is 10.4 Å². The smallest absolute Gasteiger partial charge is 0.255 e. The van der Waals surface area contributed by atoms with Crippen LogP contribution in [0.4, 0.5) is 4.39 Å². The quantitative estimate of drug-likeness (QED) is 0.294. The van der Waals surface area contributed by atoms with Crippen LogP contribution in [0.15, 0.2) is 18.2 Å². The molecule has 0 atom stereocenters. The van der Waals surface area contributed by atoms with Crippen molar-refractivity contribution in [2.24, 2.45) is 0 Å². The highest BCUT2D eigenvalue weighted by Gasteiger charge is 2.21. The number of hydrogen-bond acceptors (Lipinski definition) is 1. The molecular formula is C13H3Cl6FO. The molecule has 0 amide bonds. The molecule has 0 saturated carbocycles. The second-order valence-corrected chi connectivity index (χ2v) is 6.15. The van der Waals surface area contributed by atoms with Crippen LogP contribution < -0.4 is 0 Å². The average molecular weight is 407 g/mol. The van der Waals surface area contributed by atoms with Crippen molar-refractivity contribution < 1.29 is 9.18 Å².